The molecule has 1 nitrogen and oxygen atoms in total. The highest BCUT2D eigenvalue weighted by Gasteiger charge is 2.20. The van der Waals surface area contributed by atoms with Gasteiger partial charge in [-0.25, -0.2) is 0 Å². The van der Waals surface area contributed by atoms with Gasteiger partial charge in [0.05, 0.1) is 0 Å². The quantitative estimate of drug-likeness (QED) is 0.746. The third-order valence-electron chi connectivity index (χ3n) is 3.88. The van der Waals surface area contributed by atoms with E-state index in [1.165, 1.54) is 43.2 Å². The van der Waals surface area contributed by atoms with Gasteiger partial charge < -0.3 is 5.32 Å². The van der Waals surface area contributed by atoms with E-state index in [2.05, 4.69) is 43.6 Å². The molecule has 0 heterocycles. The standard InChI is InChI=1S/C15H23N/c1-12-7-9-13(10-8-12)14-5-3-4-6-15(11-14)16-2/h7-10,14-16H,3-6,11H2,1-2H3. The van der Waals surface area contributed by atoms with Gasteiger partial charge >= 0.3 is 0 Å². The molecule has 16 heavy (non-hydrogen) atoms. The lowest BCUT2D eigenvalue weighted by Crippen LogP contribution is -2.25. The molecule has 2 rings (SSSR count). The van der Waals surface area contributed by atoms with E-state index in [1.807, 2.05) is 0 Å². The van der Waals surface area contributed by atoms with Crippen LogP contribution >= 0.6 is 0 Å². The van der Waals surface area contributed by atoms with Gasteiger partial charge in [0.25, 0.3) is 0 Å². The van der Waals surface area contributed by atoms with E-state index >= 15 is 0 Å². The number of rotatable bonds is 2. The van der Waals surface area contributed by atoms with Crippen molar-refractivity contribution in [2.24, 2.45) is 0 Å². The van der Waals surface area contributed by atoms with Gasteiger partial charge in [0.2, 0.25) is 0 Å². The predicted molar refractivity (Wildman–Crippen MR) is 69.9 cm³/mol. The zero-order valence-corrected chi connectivity index (χ0v) is 10.5. The fraction of sp³-hybridized carbons (Fsp3) is 0.600. The van der Waals surface area contributed by atoms with Crippen molar-refractivity contribution in [1.29, 1.82) is 0 Å². The highest BCUT2D eigenvalue weighted by atomic mass is 14.9. The number of nitrogens with one attached hydrogen (secondary N) is 1. The van der Waals surface area contributed by atoms with Gasteiger partial charge in [-0.05, 0) is 44.7 Å². The lowest BCUT2D eigenvalue weighted by molar-refractivity contribution is 0.471. The van der Waals surface area contributed by atoms with Crippen LogP contribution in [0.5, 0.6) is 0 Å². The zero-order chi connectivity index (χ0) is 11.4. The maximum atomic E-state index is 3.46. The average Bonchev–Trinajstić information content (AvgIpc) is 2.55. The maximum absolute atomic E-state index is 3.46. The van der Waals surface area contributed by atoms with Crippen molar-refractivity contribution < 1.29 is 0 Å². The van der Waals surface area contributed by atoms with E-state index in [1.54, 1.807) is 0 Å². The molecule has 0 aliphatic heterocycles. The summed E-state index contributed by atoms with van der Waals surface area (Å²) in [6, 6.07) is 9.84. The van der Waals surface area contributed by atoms with Crippen LogP contribution in [0.25, 0.3) is 0 Å². The highest BCUT2D eigenvalue weighted by Crippen LogP contribution is 2.31. The third kappa shape index (κ3) is 2.85. The number of aryl methyl sites for hydroxylation is 1. The molecule has 1 aliphatic carbocycles. The monoisotopic (exact) mass is 217 g/mol. The summed E-state index contributed by atoms with van der Waals surface area (Å²) in [4.78, 5) is 0. The lowest BCUT2D eigenvalue weighted by Gasteiger charge is -2.20. The Morgan fingerprint density at radius 3 is 2.44 bits per heavy atom. The molecule has 0 spiro atoms. The van der Waals surface area contributed by atoms with Crippen LogP contribution in [0, 0.1) is 6.92 Å². The maximum Gasteiger partial charge on any atom is 0.00698 e. The molecular weight excluding hydrogens is 194 g/mol. The summed E-state index contributed by atoms with van der Waals surface area (Å²) in [7, 11) is 2.10. The van der Waals surface area contributed by atoms with Crippen LogP contribution < -0.4 is 5.32 Å². The Hall–Kier alpha value is -0.820. The summed E-state index contributed by atoms with van der Waals surface area (Å²) in [5.74, 6) is 0.764. The minimum Gasteiger partial charge on any atom is -0.317 e. The smallest absolute Gasteiger partial charge is 0.00698 e. The minimum atomic E-state index is 0.716. The summed E-state index contributed by atoms with van der Waals surface area (Å²) < 4.78 is 0. The number of hydrogen-bond acceptors (Lipinski definition) is 1. The van der Waals surface area contributed by atoms with Crippen molar-refractivity contribution in [3.8, 4) is 0 Å². The van der Waals surface area contributed by atoms with E-state index in [4.69, 9.17) is 0 Å². The fourth-order valence-corrected chi connectivity index (χ4v) is 2.76. The van der Waals surface area contributed by atoms with Gasteiger partial charge in [0.15, 0.2) is 0 Å². The van der Waals surface area contributed by atoms with Crippen molar-refractivity contribution in [3.63, 3.8) is 0 Å². The Morgan fingerprint density at radius 2 is 1.75 bits per heavy atom. The molecule has 1 N–H and O–H groups in total. The Kier molecular flexibility index (Phi) is 4.00. The predicted octanol–water partition coefficient (Wildman–Crippen LogP) is 3.63. The minimum absolute atomic E-state index is 0.716. The SMILES string of the molecule is CNC1CCCCC(c2ccc(C)cc2)C1. The molecular formula is C15H23N. The van der Waals surface area contributed by atoms with Crippen LogP contribution in [0.15, 0.2) is 24.3 Å². The molecule has 88 valence electrons. The summed E-state index contributed by atoms with van der Waals surface area (Å²) in [5.41, 5.74) is 2.90. The Bertz CT molecular complexity index is 315. The van der Waals surface area contributed by atoms with Gasteiger partial charge in [0, 0.05) is 6.04 Å². The molecule has 1 aliphatic rings. The molecule has 0 radical (unpaired) electrons. The molecule has 2 unspecified atom stereocenters. The number of benzene rings is 1. The van der Waals surface area contributed by atoms with Crippen LogP contribution in [-0.4, -0.2) is 13.1 Å². The first-order valence-electron chi connectivity index (χ1n) is 6.53. The molecule has 0 amide bonds. The van der Waals surface area contributed by atoms with Gasteiger partial charge in [0.1, 0.15) is 0 Å². The normalized spacial score (nSPS) is 26.4. The molecule has 1 aromatic rings. The molecule has 0 aromatic heterocycles. The Labute approximate surface area is 99.3 Å². The first-order valence-corrected chi connectivity index (χ1v) is 6.53. The van der Waals surface area contributed by atoms with Gasteiger partial charge in [-0.1, -0.05) is 42.7 Å². The van der Waals surface area contributed by atoms with Crippen LogP contribution in [0.1, 0.15) is 49.1 Å². The second-order valence-electron chi connectivity index (χ2n) is 5.11. The Balaban J connectivity index is 2.09. The lowest BCUT2D eigenvalue weighted by atomic mass is 9.90. The summed E-state index contributed by atoms with van der Waals surface area (Å²) in [6.45, 7) is 2.16. The topological polar surface area (TPSA) is 12.0 Å². The van der Waals surface area contributed by atoms with Crippen LogP contribution in [0.4, 0.5) is 0 Å². The van der Waals surface area contributed by atoms with Gasteiger partial charge in [-0.15, -0.1) is 0 Å². The van der Waals surface area contributed by atoms with E-state index in [-0.39, 0.29) is 0 Å². The molecule has 0 saturated heterocycles. The molecule has 1 fully saturated rings. The third-order valence-corrected chi connectivity index (χ3v) is 3.88. The zero-order valence-electron chi connectivity index (χ0n) is 10.5. The number of hydrogen-bond donors (Lipinski definition) is 1. The Morgan fingerprint density at radius 1 is 1.06 bits per heavy atom. The summed E-state index contributed by atoms with van der Waals surface area (Å²) in [6.07, 6.45) is 6.78. The van der Waals surface area contributed by atoms with E-state index in [0.717, 1.165) is 5.92 Å². The summed E-state index contributed by atoms with van der Waals surface area (Å²) in [5, 5.41) is 3.46. The second kappa shape index (κ2) is 5.49. The molecule has 0 bridgehead atoms. The van der Waals surface area contributed by atoms with Crippen LogP contribution in [0.2, 0.25) is 0 Å². The molecule has 1 aromatic carbocycles. The van der Waals surface area contributed by atoms with Crippen molar-refractivity contribution in [2.45, 2.75) is 51.0 Å². The molecule has 1 saturated carbocycles. The van der Waals surface area contributed by atoms with Crippen LogP contribution in [0.3, 0.4) is 0 Å². The molecule has 2 atom stereocenters. The van der Waals surface area contributed by atoms with E-state index in [9.17, 15) is 0 Å². The fourth-order valence-electron chi connectivity index (χ4n) is 2.76. The van der Waals surface area contributed by atoms with Crippen molar-refractivity contribution in [3.05, 3.63) is 35.4 Å². The first kappa shape index (κ1) is 11.7. The van der Waals surface area contributed by atoms with Gasteiger partial charge in [-0.3, -0.25) is 0 Å². The van der Waals surface area contributed by atoms with Crippen molar-refractivity contribution in [2.75, 3.05) is 7.05 Å². The van der Waals surface area contributed by atoms with Crippen molar-refractivity contribution in [1.82, 2.24) is 5.32 Å². The summed E-state index contributed by atoms with van der Waals surface area (Å²) >= 11 is 0. The van der Waals surface area contributed by atoms with E-state index in [0.29, 0.717) is 6.04 Å². The largest absolute Gasteiger partial charge is 0.317 e. The van der Waals surface area contributed by atoms with Gasteiger partial charge in [-0.2, -0.15) is 0 Å². The van der Waals surface area contributed by atoms with Crippen molar-refractivity contribution >= 4 is 0 Å². The highest BCUT2D eigenvalue weighted by molar-refractivity contribution is 5.24. The molecule has 1 heteroatoms. The average molecular weight is 217 g/mol. The van der Waals surface area contributed by atoms with Crippen LogP contribution in [-0.2, 0) is 0 Å². The van der Waals surface area contributed by atoms with E-state index < -0.39 is 0 Å². The second-order valence-corrected chi connectivity index (χ2v) is 5.11. The first-order chi connectivity index (χ1) is 7.79.